The first-order chi connectivity index (χ1) is 9.11. The molecular weight excluding hydrogens is 281 g/mol. The van der Waals surface area contributed by atoms with Crippen molar-refractivity contribution in [1.29, 1.82) is 0 Å². The summed E-state index contributed by atoms with van der Waals surface area (Å²) in [5.41, 5.74) is 1.10. The predicted molar refractivity (Wildman–Crippen MR) is 81.2 cm³/mol. The third kappa shape index (κ3) is 3.25. The molecular formula is C15H21Cl2NO. The Labute approximate surface area is 125 Å². The lowest BCUT2D eigenvalue weighted by atomic mass is 9.72. The molecule has 106 valence electrons. The summed E-state index contributed by atoms with van der Waals surface area (Å²) in [6, 6.07) is 6.01. The molecule has 2 nitrogen and oxygen atoms in total. The zero-order valence-electron chi connectivity index (χ0n) is 11.5. The molecule has 0 bridgehead atoms. The van der Waals surface area contributed by atoms with E-state index in [0.29, 0.717) is 11.1 Å². The number of rotatable bonds is 6. The zero-order chi connectivity index (χ0) is 13.9. The monoisotopic (exact) mass is 301 g/mol. The first-order valence-electron chi connectivity index (χ1n) is 6.84. The zero-order valence-corrected chi connectivity index (χ0v) is 13.0. The van der Waals surface area contributed by atoms with Crippen LogP contribution in [0.5, 0.6) is 0 Å². The maximum Gasteiger partial charge on any atom is 0.0834 e. The summed E-state index contributed by atoms with van der Waals surface area (Å²) >= 11 is 12.2. The lowest BCUT2D eigenvalue weighted by Crippen LogP contribution is -2.57. The summed E-state index contributed by atoms with van der Waals surface area (Å²) in [4.78, 5) is 0. The third-order valence-corrected chi connectivity index (χ3v) is 4.72. The van der Waals surface area contributed by atoms with Gasteiger partial charge in [-0.05, 0) is 49.9 Å². The second-order valence-electron chi connectivity index (χ2n) is 5.17. The van der Waals surface area contributed by atoms with Gasteiger partial charge in [-0.25, -0.2) is 0 Å². The van der Waals surface area contributed by atoms with Gasteiger partial charge in [-0.3, -0.25) is 0 Å². The fourth-order valence-corrected chi connectivity index (χ4v) is 3.30. The first-order valence-corrected chi connectivity index (χ1v) is 7.59. The van der Waals surface area contributed by atoms with Crippen molar-refractivity contribution < 1.29 is 4.74 Å². The van der Waals surface area contributed by atoms with Crippen molar-refractivity contribution >= 4 is 23.2 Å². The van der Waals surface area contributed by atoms with Crippen LogP contribution in [0.1, 0.15) is 31.7 Å². The van der Waals surface area contributed by atoms with Gasteiger partial charge in [-0.2, -0.15) is 0 Å². The summed E-state index contributed by atoms with van der Waals surface area (Å²) in [5.74, 6) is 0. The highest BCUT2D eigenvalue weighted by molar-refractivity contribution is 6.35. The van der Waals surface area contributed by atoms with Crippen molar-refractivity contribution in [1.82, 2.24) is 5.32 Å². The molecule has 0 radical (unpaired) electrons. The molecule has 0 amide bonds. The quantitative estimate of drug-likeness (QED) is 0.855. The minimum atomic E-state index is -0.0288. The lowest BCUT2D eigenvalue weighted by Gasteiger charge is -2.47. The highest BCUT2D eigenvalue weighted by Crippen LogP contribution is 2.39. The molecule has 0 aliphatic heterocycles. The van der Waals surface area contributed by atoms with E-state index in [4.69, 9.17) is 27.9 Å². The molecule has 0 heterocycles. The van der Waals surface area contributed by atoms with Crippen LogP contribution in [0, 0.1) is 0 Å². The largest absolute Gasteiger partial charge is 0.377 e. The second-order valence-corrected chi connectivity index (χ2v) is 6.02. The number of halogens is 2. The van der Waals surface area contributed by atoms with E-state index in [-0.39, 0.29) is 5.60 Å². The second kappa shape index (κ2) is 6.45. The van der Waals surface area contributed by atoms with Crippen molar-refractivity contribution in [2.24, 2.45) is 0 Å². The molecule has 1 unspecified atom stereocenters. The number of likely N-dealkylation sites (N-methyl/N-ethyl adjacent to an activating group) is 1. The number of ether oxygens (including phenoxy) is 1. The maximum atomic E-state index is 6.28. The van der Waals surface area contributed by atoms with Gasteiger partial charge in [0.2, 0.25) is 0 Å². The van der Waals surface area contributed by atoms with E-state index in [1.165, 1.54) is 6.42 Å². The van der Waals surface area contributed by atoms with Crippen LogP contribution in [0.4, 0.5) is 0 Å². The van der Waals surface area contributed by atoms with Gasteiger partial charge in [0.15, 0.2) is 0 Å². The Bertz CT molecular complexity index is 427. The summed E-state index contributed by atoms with van der Waals surface area (Å²) < 4.78 is 5.79. The van der Waals surface area contributed by atoms with Crippen molar-refractivity contribution in [2.75, 3.05) is 13.7 Å². The molecule has 1 aliphatic rings. The van der Waals surface area contributed by atoms with Gasteiger partial charge in [0.05, 0.1) is 5.60 Å². The van der Waals surface area contributed by atoms with Gasteiger partial charge < -0.3 is 10.1 Å². The first kappa shape index (κ1) is 15.1. The number of hydrogen-bond acceptors (Lipinski definition) is 2. The van der Waals surface area contributed by atoms with Crippen LogP contribution in [0.15, 0.2) is 18.2 Å². The molecule has 4 heteroatoms. The van der Waals surface area contributed by atoms with E-state index < -0.39 is 0 Å². The van der Waals surface area contributed by atoms with Crippen molar-refractivity contribution in [3.8, 4) is 0 Å². The minimum absolute atomic E-state index is 0.0288. The molecule has 0 spiro atoms. The van der Waals surface area contributed by atoms with Gasteiger partial charge in [0, 0.05) is 23.2 Å². The Morgan fingerprint density at radius 3 is 2.58 bits per heavy atom. The lowest BCUT2D eigenvalue weighted by molar-refractivity contribution is -0.0978. The SMILES string of the molecule is CCNC(Cc1ccc(Cl)cc1Cl)C1(OC)CCC1. The average molecular weight is 302 g/mol. The van der Waals surface area contributed by atoms with Crippen LogP contribution in [-0.2, 0) is 11.2 Å². The molecule has 1 atom stereocenters. The van der Waals surface area contributed by atoms with Crippen LogP contribution in [-0.4, -0.2) is 25.3 Å². The van der Waals surface area contributed by atoms with Crippen molar-refractivity contribution in [2.45, 2.75) is 44.2 Å². The van der Waals surface area contributed by atoms with E-state index in [1.54, 1.807) is 0 Å². The van der Waals surface area contributed by atoms with E-state index in [2.05, 4.69) is 12.2 Å². The molecule has 1 aliphatic carbocycles. The molecule has 2 rings (SSSR count). The summed E-state index contributed by atoms with van der Waals surface area (Å²) in [6.45, 7) is 3.06. The van der Waals surface area contributed by atoms with E-state index in [1.807, 2.05) is 25.3 Å². The van der Waals surface area contributed by atoms with E-state index in [0.717, 1.165) is 36.4 Å². The van der Waals surface area contributed by atoms with Crippen molar-refractivity contribution in [3.63, 3.8) is 0 Å². The Balaban J connectivity index is 2.16. The summed E-state index contributed by atoms with van der Waals surface area (Å²) in [6.07, 6.45) is 4.35. The van der Waals surface area contributed by atoms with Gasteiger partial charge in [-0.15, -0.1) is 0 Å². The van der Waals surface area contributed by atoms with Crippen LogP contribution in [0.3, 0.4) is 0 Å². The van der Waals surface area contributed by atoms with Crippen molar-refractivity contribution in [3.05, 3.63) is 33.8 Å². The smallest absolute Gasteiger partial charge is 0.0834 e. The summed E-state index contributed by atoms with van der Waals surface area (Å²) in [7, 11) is 1.81. The standard InChI is InChI=1S/C15H21Cl2NO/c1-3-18-14(15(19-2)7-4-8-15)9-11-5-6-12(16)10-13(11)17/h5-6,10,14,18H,3-4,7-9H2,1-2H3. The molecule has 1 N–H and O–H groups in total. The molecule has 0 aromatic heterocycles. The van der Waals surface area contributed by atoms with Gasteiger partial charge in [-0.1, -0.05) is 36.2 Å². The molecule has 1 aromatic carbocycles. The topological polar surface area (TPSA) is 21.3 Å². The van der Waals surface area contributed by atoms with Gasteiger partial charge in [0.25, 0.3) is 0 Å². The Morgan fingerprint density at radius 2 is 2.11 bits per heavy atom. The highest BCUT2D eigenvalue weighted by Gasteiger charge is 2.44. The number of hydrogen-bond donors (Lipinski definition) is 1. The normalized spacial score (nSPS) is 18.9. The van der Waals surface area contributed by atoms with Crippen LogP contribution in [0.2, 0.25) is 10.0 Å². The Hall–Kier alpha value is -0.280. The van der Waals surface area contributed by atoms with Crippen LogP contribution in [0.25, 0.3) is 0 Å². The molecule has 0 saturated heterocycles. The molecule has 19 heavy (non-hydrogen) atoms. The Kier molecular flexibility index (Phi) is 5.13. The average Bonchev–Trinajstić information content (AvgIpc) is 2.32. The maximum absolute atomic E-state index is 6.28. The van der Waals surface area contributed by atoms with E-state index in [9.17, 15) is 0 Å². The third-order valence-electron chi connectivity index (χ3n) is 4.13. The molecule has 1 fully saturated rings. The van der Waals surface area contributed by atoms with Crippen LogP contribution < -0.4 is 5.32 Å². The van der Waals surface area contributed by atoms with E-state index >= 15 is 0 Å². The molecule has 1 saturated carbocycles. The Morgan fingerprint density at radius 1 is 1.37 bits per heavy atom. The number of nitrogens with one attached hydrogen (secondary N) is 1. The highest BCUT2D eigenvalue weighted by atomic mass is 35.5. The number of methoxy groups -OCH3 is 1. The molecule has 1 aromatic rings. The predicted octanol–water partition coefficient (Wildman–Crippen LogP) is 4.08. The fraction of sp³-hybridized carbons (Fsp3) is 0.600. The number of benzene rings is 1. The fourth-order valence-electron chi connectivity index (χ4n) is 2.82. The van der Waals surface area contributed by atoms with Gasteiger partial charge >= 0.3 is 0 Å². The van der Waals surface area contributed by atoms with Gasteiger partial charge in [0.1, 0.15) is 0 Å². The minimum Gasteiger partial charge on any atom is -0.377 e. The van der Waals surface area contributed by atoms with Crippen LogP contribution >= 0.6 is 23.2 Å². The summed E-state index contributed by atoms with van der Waals surface area (Å²) in [5, 5.41) is 4.97.